The lowest BCUT2D eigenvalue weighted by molar-refractivity contribution is 0.248. The summed E-state index contributed by atoms with van der Waals surface area (Å²) in [6.07, 6.45) is 3.22. The van der Waals surface area contributed by atoms with Crippen LogP contribution in [-0.4, -0.2) is 30.0 Å². The summed E-state index contributed by atoms with van der Waals surface area (Å²) in [5.74, 6) is 0.832. The van der Waals surface area contributed by atoms with Gasteiger partial charge >= 0.3 is 0 Å². The van der Waals surface area contributed by atoms with Crippen LogP contribution in [0.3, 0.4) is 0 Å². The van der Waals surface area contributed by atoms with Crippen molar-refractivity contribution >= 4 is 17.4 Å². The Morgan fingerprint density at radius 1 is 1.47 bits per heavy atom. The third-order valence-corrected chi connectivity index (χ3v) is 3.70. The number of hydrogen-bond donors (Lipinski definition) is 1. The van der Waals surface area contributed by atoms with Gasteiger partial charge in [-0.05, 0) is 37.4 Å². The van der Waals surface area contributed by atoms with Gasteiger partial charge in [0.05, 0.1) is 0 Å². The molecule has 0 saturated heterocycles. The molecule has 0 spiro atoms. The standard InChI is InChI=1S/C13H21FN2S/c1-4-12(9-17-3)16(2)8-10-5-6-11(14)7-13(10)15/h5-7,12H,4,8-9,15H2,1-3H3. The number of thioether (sulfide) groups is 1. The van der Waals surface area contributed by atoms with Gasteiger partial charge in [-0.1, -0.05) is 13.0 Å². The quantitative estimate of drug-likeness (QED) is 0.793. The maximum atomic E-state index is 12.9. The number of benzene rings is 1. The highest BCUT2D eigenvalue weighted by atomic mass is 32.2. The van der Waals surface area contributed by atoms with E-state index in [1.54, 1.807) is 6.07 Å². The third kappa shape index (κ3) is 4.21. The molecule has 0 aliphatic heterocycles. The second-order valence-electron chi connectivity index (χ2n) is 4.28. The van der Waals surface area contributed by atoms with Crippen LogP contribution >= 0.6 is 11.8 Å². The number of halogens is 1. The molecule has 2 N–H and O–H groups in total. The van der Waals surface area contributed by atoms with Gasteiger partial charge in [0.15, 0.2) is 0 Å². The van der Waals surface area contributed by atoms with Crippen LogP contribution in [0.2, 0.25) is 0 Å². The molecular formula is C13H21FN2S. The van der Waals surface area contributed by atoms with Crippen molar-refractivity contribution in [1.82, 2.24) is 4.90 Å². The Morgan fingerprint density at radius 2 is 2.18 bits per heavy atom. The first kappa shape index (κ1) is 14.3. The Bertz CT molecular complexity index is 357. The van der Waals surface area contributed by atoms with Gasteiger partial charge in [-0.25, -0.2) is 4.39 Å². The van der Waals surface area contributed by atoms with Gasteiger partial charge in [0.2, 0.25) is 0 Å². The van der Waals surface area contributed by atoms with Crippen LogP contribution in [0.15, 0.2) is 18.2 Å². The predicted octanol–water partition coefficient (Wildman–Crippen LogP) is 2.98. The molecular weight excluding hydrogens is 235 g/mol. The molecule has 1 aromatic carbocycles. The van der Waals surface area contributed by atoms with Crippen molar-refractivity contribution < 1.29 is 4.39 Å². The van der Waals surface area contributed by atoms with E-state index in [1.807, 2.05) is 11.8 Å². The van der Waals surface area contributed by atoms with E-state index >= 15 is 0 Å². The summed E-state index contributed by atoms with van der Waals surface area (Å²) in [4.78, 5) is 2.28. The van der Waals surface area contributed by atoms with Crippen molar-refractivity contribution in [3.63, 3.8) is 0 Å². The van der Waals surface area contributed by atoms with Crippen molar-refractivity contribution in [3.8, 4) is 0 Å². The van der Waals surface area contributed by atoms with Gasteiger partial charge in [-0.3, -0.25) is 4.90 Å². The Balaban J connectivity index is 2.69. The van der Waals surface area contributed by atoms with E-state index in [-0.39, 0.29) is 5.82 Å². The van der Waals surface area contributed by atoms with Crippen LogP contribution in [0.25, 0.3) is 0 Å². The average molecular weight is 256 g/mol. The highest BCUT2D eigenvalue weighted by Gasteiger charge is 2.13. The van der Waals surface area contributed by atoms with Crippen LogP contribution in [0.5, 0.6) is 0 Å². The van der Waals surface area contributed by atoms with Gasteiger partial charge in [0, 0.05) is 24.0 Å². The largest absolute Gasteiger partial charge is 0.398 e. The van der Waals surface area contributed by atoms with Crippen molar-refractivity contribution in [3.05, 3.63) is 29.6 Å². The molecule has 0 amide bonds. The molecule has 0 aliphatic carbocycles. The number of nitrogens with two attached hydrogens (primary N) is 1. The van der Waals surface area contributed by atoms with Gasteiger partial charge in [0.25, 0.3) is 0 Å². The minimum atomic E-state index is -0.273. The molecule has 1 aromatic rings. The Morgan fingerprint density at radius 3 is 2.71 bits per heavy atom. The molecule has 4 heteroatoms. The van der Waals surface area contributed by atoms with Crippen molar-refractivity contribution in [2.45, 2.75) is 25.9 Å². The summed E-state index contributed by atoms with van der Waals surface area (Å²) in [5.41, 5.74) is 7.35. The molecule has 0 saturated carbocycles. The van der Waals surface area contributed by atoms with E-state index in [0.29, 0.717) is 11.7 Å². The lowest BCUT2D eigenvalue weighted by Crippen LogP contribution is -2.32. The normalized spacial score (nSPS) is 13.0. The number of hydrogen-bond acceptors (Lipinski definition) is 3. The summed E-state index contributed by atoms with van der Waals surface area (Å²) >= 11 is 1.85. The molecule has 0 fully saturated rings. The van der Waals surface area contributed by atoms with E-state index in [4.69, 9.17) is 5.73 Å². The average Bonchev–Trinajstić information content (AvgIpc) is 2.29. The number of nitrogens with zero attached hydrogens (tertiary/aromatic N) is 1. The summed E-state index contributed by atoms with van der Waals surface area (Å²) in [6, 6.07) is 5.16. The Hall–Kier alpha value is -0.740. The fraction of sp³-hybridized carbons (Fsp3) is 0.538. The van der Waals surface area contributed by atoms with Crippen LogP contribution in [-0.2, 0) is 6.54 Å². The van der Waals surface area contributed by atoms with Crippen molar-refractivity contribution in [2.75, 3.05) is 24.8 Å². The lowest BCUT2D eigenvalue weighted by Gasteiger charge is -2.27. The molecule has 2 nitrogen and oxygen atoms in total. The molecule has 0 aliphatic rings. The fourth-order valence-electron chi connectivity index (χ4n) is 1.86. The van der Waals surface area contributed by atoms with Crippen molar-refractivity contribution in [2.24, 2.45) is 0 Å². The van der Waals surface area contributed by atoms with Gasteiger partial charge in [0.1, 0.15) is 5.82 Å². The first-order chi connectivity index (χ1) is 8.08. The van der Waals surface area contributed by atoms with Crippen LogP contribution < -0.4 is 5.73 Å². The fourth-order valence-corrected chi connectivity index (χ4v) is 2.73. The second kappa shape index (κ2) is 6.87. The molecule has 17 heavy (non-hydrogen) atoms. The molecule has 96 valence electrons. The highest BCUT2D eigenvalue weighted by Crippen LogP contribution is 2.18. The van der Waals surface area contributed by atoms with Gasteiger partial charge in [-0.15, -0.1) is 0 Å². The summed E-state index contributed by atoms with van der Waals surface area (Å²) < 4.78 is 12.9. The molecule has 0 aromatic heterocycles. The predicted molar refractivity (Wildman–Crippen MR) is 74.7 cm³/mol. The van der Waals surface area contributed by atoms with Gasteiger partial charge in [-0.2, -0.15) is 11.8 Å². The molecule has 1 rings (SSSR count). The molecule has 0 heterocycles. The lowest BCUT2D eigenvalue weighted by atomic mass is 10.1. The van der Waals surface area contributed by atoms with Crippen LogP contribution in [0.4, 0.5) is 10.1 Å². The van der Waals surface area contributed by atoms with E-state index < -0.39 is 0 Å². The highest BCUT2D eigenvalue weighted by molar-refractivity contribution is 7.98. The first-order valence-electron chi connectivity index (χ1n) is 5.81. The zero-order valence-electron chi connectivity index (χ0n) is 10.7. The van der Waals surface area contributed by atoms with Gasteiger partial charge < -0.3 is 5.73 Å². The van der Waals surface area contributed by atoms with E-state index in [1.165, 1.54) is 12.1 Å². The third-order valence-electron chi connectivity index (χ3n) is 2.98. The minimum absolute atomic E-state index is 0.273. The second-order valence-corrected chi connectivity index (χ2v) is 5.19. The molecule has 0 bridgehead atoms. The zero-order valence-corrected chi connectivity index (χ0v) is 11.6. The number of rotatable bonds is 6. The van der Waals surface area contributed by atoms with E-state index in [9.17, 15) is 4.39 Å². The summed E-state index contributed by atoms with van der Waals surface area (Å²) in [7, 11) is 2.09. The zero-order chi connectivity index (χ0) is 12.8. The minimum Gasteiger partial charge on any atom is -0.398 e. The van der Waals surface area contributed by atoms with Crippen molar-refractivity contribution in [1.29, 1.82) is 0 Å². The Labute approximate surface area is 107 Å². The maximum Gasteiger partial charge on any atom is 0.125 e. The smallest absolute Gasteiger partial charge is 0.125 e. The summed E-state index contributed by atoms with van der Waals surface area (Å²) in [6.45, 7) is 2.95. The monoisotopic (exact) mass is 256 g/mol. The number of anilines is 1. The molecule has 0 radical (unpaired) electrons. The van der Waals surface area contributed by atoms with Crippen LogP contribution in [0, 0.1) is 5.82 Å². The Kier molecular flexibility index (Phi) is 5.78. The first-order valence-corrected chi connectivity index (χ1v) is 7.21. The van der Waals surface area contributed by atoms with E-state index in [0.717, 1.165) is 24.3 Å². The summed E-state index contributed by atoms with van der Waals surface area (Å²) in [5, 5.41) is 0. The number of nitrogen functional groups attached to an aromatic ring is 1. The van der Waals surface area contributed by atoms with Crippen LogP contribution in [0.1, 0.15) is 18.9 Å². The topological polar surface area (TPSA) is 29.3 Å². The molecule has 1 atom stereocenters. The maximum absolute atomic E-state index is 12.9. The molecule has 1 unspecified atom stereocenters. The van der Waals surface area contributed by atoms with E-state index in [2.05, 4.69) is 25.1 Å². The SMILES string of the molecule is CCC(CSC)N(C)Cc1ccc(F)cc1N.